The van der Waals surface area contributed by atoms with Crippen LogP contribution in [0.25, 0.3) is 0 Å². The number of carbonyl (C=O) groups is 2. The third-order valence-corrected chi connectivity index (χ3v) is 6.94. The molecule has 8 nitrogen and oxygen atoms in total. The zero-order valence-corrected chi connectivity index (χ0v) is 16.0. The SMILES string of the molecule is O=C1CN(S(=O)(=O)c2cccc(C(=O)N[C@H]3CCCc4occc43)c2)CCN1. The van der Waals surface area contributed by atoms with E-state index in [9.17, 15) is 18.0 Å². The average molecular weight is 403 g/mol. The number of piperazine rings is 1. The molecule has 1 fully saturated rings. The Morgan fingerprint density at radius 2 is 2.14 bits per heavy atom. The number of amides is 2. The predicted octanol–water partition coefficient (Wildman–Crippen LogP) is 1.21. The number of carbonyl (C=O) groups excluding carboxylic acids is 2. The molecule has 0 spiro atoms. The van der Waals surface area contributed by atoms with Crippen molar-refractivity contribution in [1.82, 2.24) is 14.9 Å². The van der Waals surface area contributed by atoms with Crippen molar-refractivity contribution in [2.75, 3.05) is 19.6 Å². The largest absolute Gasteiger partial charge is 0.469 e. The van der Waals surface area contributed by atoms with Gasteiger partial charge in [-0.1, -0.05) is 6.07 Å². The van der Waals surface area contributed by atoms with Gasteiger partial charge in [-0.15, -0.1) is 0 Å². The zero-order valence-electron chi connectivity index (χ0n) is 15.2. The first-order valence-corrected chi connectivity index (χ1v) is 10.6. The highest BCUT2D eigenvalue weighted by Gasteiger charge is 2.30. The maximum absolute atomic E-state index is 12.8. The number of nitrogens with one attached hydrogen (secondary N) is 2. The maximum Gasteiger partial charge on any atom is 0.251 e. The third kappa shape index (κ3) is 3.55. The first kappa shape index (κ1) is 18.7. The Labute approximate surface area is 162 Å². The third-order valence-electron chi connectivity index (χ3n) is 5.09. The van der Waals surface area contributed by atoms with Crippen LogP contribution in [0.3, 0.4) is 0 Å². The van der Waals surface area contributed by atoms with Crippen molar-refractivity contribution >= 4 is 21.8 Å². The van der Waals surface area contributed by atoms with Crippen molar-refractivity contribution in [3.05, 3.63) is 53.5 Å². The molecule has 2 heterocycles. The molecule has 0 unspecified atom stereocenters. The van der Waals surface area contributed by atoms with E-state index in [0.29, 0.717) is 0 Å². The lowest BCUT2D eigenvalue weighted by Gasteiger charge is -2.26. The number of aryl methyl sites for hydroxylation is 1. The second-order valence-electron chi connectivity index (χ2n) is 6.93. The second kappa shape index (κ2) is 7.40. The predicted molar refractivity (Wildman–Crippen MR) is 100 cm³/mol. The van der Waals surface area contributed by atoms with Crippen LogP contribution in [0.15, 0.2) is 45.9 Å². The lowest BCUT2D eigenvalue weighted by atomic mass is 9.93. The van der Waals surface area contributed by atoms with Crippen LogP contribution in [0.4, 0.5) is 0 Å². The standard InChI is InChI=1S/C19H21N3O5S/c23-18-12-22(9-8-20-18)28(25,26)14-4-1-3-13(11-14)19(24)21-16-5-2-6-17-15(16)7-10-27-17/h1,3-4,7,10-11,16H,2,5-6,8-9,12H2,(H,20,23)(H,21,24)/t16-/m0/s1. The Hall–Kier alpha value is -2.65. The molecule has 2 N–H and O–H groups in total. The molecule has 1 saturated heterocycles. The number of fused-ring (bicyclic) bond motifs is 1. The first-order valence-electron chi connectivity index (χ1n) is 9.19. The van der Waals surface area contributed by atoms with Crippen molar-refractivity contribution < 1.29 is 22.4 Å². The molecular formula is C19H21N3O5S. The summed E-state index contributed by atoms with van der Waals surface area (Å²) in [7, 11) is -3.85. The van der Waals surface area contributed by atoms with E-state index < -0.39 is 10.0 Å². The summed E-state index contributed by atoms with van der Waals surface area (Å²) < 4.78 is 32.2. The van der Waals surface area contributed by atoms with E-state index >= 15 is 0 Å². The molecule has 1 aliphatic heterocycles. The monoisotopic (exact) mass is 403 g/mol. The quantitative estimate of drug-likeness (QED) is 0.798. The van der Waals surface area contributed by atoms with Gasteiger partial charge in [0.1, 0.15) is 5.76 Å². The molecular weight excluding hydrogens is 382 g/mol. The van der Waals surface area contributed by atoms with Gasteiger partial charge in [0.25, 0.3) is 5.91 Å². The normalized spacial score (nSPS) is 20.3. The van der Waals surface area contributed by atoms with Crippen molar-refractivity contribution in [3.63, 3.8) is 0 Å². The van der Waals surface area contributed by atoms with E-state index in [-0.39, 0.29) is 47.9 Å². The van der Waals surface area contributed by atoms with Crippen molar-refractivity contribution in [3.8, 4) is 0 Å². The summed E-state index contributed by atoms with van der Waals surface area (Å²) in [6.07, 6.45) is 4.19. The van der Waals surface area contributed by atoms with Gasteiger partial charge in [0.2, 0.25) is 15.9 Å². The lowest BCUT2D eigenvalue weighted by Crippen LogP contribution is -2.49. The number of rotatable bonds is 4. The van der Waals surface area contributed by atoms with Gasteiger partial charge < -0.3 is 15.1 Å². The van der Waals surface area contributed by atoms with E-state index in [1.54, 1.807) is 12.3 Å². The molecule has 0 radical (unpaired) electrons. The van der Waals surface area contributed by atoms with Crippen LogP contribution >= 0.6 is 0 Å². The molecule has 0 bridgehead atoms. The number of nitrogens with zero attached hydrogens (tertiary/aromatic N) is 1. The van der Waals surface area contributed by atoms with Crippen LogP contribution in [-0.2, 0) is 21.2 Å². The number of sulfonamides is 1. The van der Waals surface area contributed by atoms with E-state index in [1.807, 2.05) is 6.07 Å². The van der Waals surface area contributed by atoms with Crippen LogP contribution in [0.1, 0.15) is 40.6 Å². The molecule has 1 aromatic heterocycles. The molecule has 1 aromatic carbocycles. The second-order valence-corrected chi connectivity index (χ2v) is 8.87. The Balaban J connectivity index is 1.54. The molecule has 4 rings (SSSR count). The van der Waals surface area contributed by atoms with Gasteiger partial charge in [0, 0.05) is 30.6 Å². The van der Waals surface area contributed by atoms with Gasteiger partial charge in [-0.05, 0) is 37.1 Å². The summed E-state index contributed by atoms with van der Waals surface area (Å²) in [6, 6.07) is 7.62. The topological polar surface area (TPSA) is 109 Å². The van der Waals surface area contributed by atoms with Gasteiger partial charge in [0.15, 0.2) is 0 Å². The van der Waals surface area contributed by atoms with Crippen LogP contribution < -0.4 is 10.6 Å². The van der Waals surface area contributed by atoms with Crippen LogP contribution in [0.2, 0.25) is 0 Å². The van der Waals surface area contributed by atoms with Crippen molar-refractivity contribution in [2.45, 2.75) is 30.2 Å². The molecule has 0 saturated carbocycles. The smallest absolute Gasteiger partial charge is 0.251 e. The van der Waals surface area contributed by atoms with Crippen LogP contribution in [0, 0.1) is 0 Å². The van der Waals surface area contributed by atoms with E-state index in [1.165, 1.54) is 18.2 Å². The highest BCUT2D eigenvalue weighted by Crippen LogP contribution is 2.30. The Kier molecular flexibility index (Phi) is 4.94. The summed E-state index contributed by atoms with van der Waals surface area (Å²) in [5.41, 5.74) is 1.24. The minimum Gasteiger partial charge on any atom is -0.469 e. The van der Waals surface area contributed by atoms with Gasteiger partial charge in [-0.25, -0.2) is 8.42 Å². The molecule has 9 heteroatoms. The van der Waals surface area contributed by atoms with Gasteiger partial charge >= 0.3 is 0 Å². The minimum absolute atomic E-state index is 0.00231. The van der Waals surface area contributed by atoms with E-state index in [4.69, 9.17) is 4.42 Å². The summed E-state index contributed by atoms with van der Waals surface area (Å²) in [5, 5.41) is 5.57. The van der Waals surface area contributed by atoms with Crippen LogP contribution in [0.5, 0.6) is 0 Å². The van der Waals surface area contributed by atoms with E-state index in [2.05, 4.69) is 10.6 Å². The molecule has 2 amide bonds. The molecule has 2 aromatic rings. The number of furan rings is 1. The summed E-state index contributed by atoms with van der Waals surface area (Å²) >= 11 is 0. The molecule has 1 atom stereocenters. The molecule has 148 valence electrons. The fourth-order valence-electron chi connectivity index (χ4n) is 3.65. The van der Waals surface area contributed by atoms with E-state index in [0.717, 1.165) is 34.9 Å². The van der Waals surface area contributed by atoms with Gasteiger partial charge in [-0.3, -0.25) is 9.59 Å². The number of hydrogen-bond donors (Lipinski definition) is 2. The number of hydrogen-bond acceptors (Lipinski definition) is 5. The van der Waals surface area contributed by atoms with Gasteiger partial charge in [0.05, 0.1) is 23.7 Å². The molecule has 28 heavy (non-hydrogen) atoms. The maximum atomic E-state index is 12.8. The fourth-order valence-corrected chi connectivity index (χ4v) is 5.09. The Morgan fingerprint density at radius 3 is 2.96 bits per heavy atom. The number of benzene rings is 1. The minimum atomic E-state index is -3.85. The fraction of sp³-hybridized carbons (Fsp3) is 0.368. The summed E-state index contributed by atoms with van der Waals surface area (Å²) in [5.74, 6) is 0.209. The highest BCUT2D eigenvalue weighted by molar-refractivity contribution is 7.89. The first-order chi connectivity index (χ1) is 13.4. The Bertz CT molecular complexity index is 1010. The zero-order chi connectivity index (χ0) is 19.7. The average Bonchev–Trinajstić information content (AvgIpc) is 3.18. The Morgan fingerprint density at radius 1 is 1.29 bits per heavy atom. The van der Waals surface area contributed by atoms with Crippen molar-refractivity contribution in [2.24, 2.45) is 0 Å². The molecule has 2 aliphatic rings. The highest BCUT2D eigenvalue weighted by atomic mass is 32.2. The summed E-state index contributed by atoms with van der Waals surface area (Å²) in [6.45, 7) is 0.257. The molecule has 1 aliphatic carbocycles. The van der Waals surface area contributed by atoms with Gasteiger partial charge in [-0.2, -0.15) is 4.31 Å². The lowest BCUT2D eigenvalue weighted by molar-refractivity contribution is -0.122. The van der Waals surface area contributed by atoms with Crippen LogP contribution in [-0.4, -0.2) is 44.2 Å². The van der Waals surface area contributed by atoms with Crippen molar-refractivity contribution in [1.29, 1.82) is 0 Å². The summed E-state index contributed by atoms with van der Waals surface area (Å²) in [4.78, 5) is 24.3.